The van der Waals surface area contributed by atoms with Gasteiger partial charge < -0.3 is 10.2 Å². The third-order valence-electron chi connectivity index (χ3n) is 7.01. The number of benzene rings is 1. The van der Waals surface area contributed by atoms with Crippen molar-refractivity contribution in [2.75, 3.05) is 50.7 Å². The van der Waals surface area contributed by atoms with E-state index in [-0.39, 0.29) is 6.03 Å². The smallest absolute Gasteiger partial charge is 0.317 e. The summed E-state index contributed by atoms with van der Waals surface area (Å²) >= 11 is 0. The molecule has 2 aliphatic rings. The van der Waals surface area contributed by atoms with Gasteiger partial charge in [-0.1, -0.05) is 29.8 Å². The van der Waals surface area contributed by atoms with Gasteiger partial charge in [0.15, 0.2) is 11.5 Å². The fourth-order valence-electron chi connectivity index (χ4n) is 4.91. The Morgan fingerprint density at radius 1 is 1.03 bits per heavy atom. The first-order valence-electron chi connectivity index (χ1n) is 12.6. The number of allylic oxidation sites excluding steroid dienone is 1. The van der Waals surface area contributed by atoms with Gasteiger partial charge in [-0.3, -0.25) is 10.00 Å². The van der Waals surface area contributed by atoms with Gasteiger partial charge in [-0.25, -0.2) is 24.2 Å². The first kappa shape index (κ1) is 23.3. The summed E-state index contributed by atoms with van der Waals surface area (Å²) in [4.78, 5) is 28.8. The molecule has 5 heterocycles. The summed E-state index contributed by atoms with van der Waals surface area (Å²) in [6, 6.07) is 9.85. The Balaban J connectivity index is 1.28. The number of nitrogens with zero attached hydrogens (tertiary/aromatic N) is 8. The van der Waals surface area contributed by atoms with Gasteiger partial charge in [-0.15, -0.1) is 0 Å². The molecule has 2 fully saturated rings. The van der Waals surface area contributed by atoms with Crippen molar-refractivity contribution in [1.82, 2.24) is 44.9 Å². The summed E-state index contributed by atoms with van der Waals surface area (Å²) in [6.07, 6.45) is 5.17. The maximum absolute atomic E-state index is 13.6. The van der Waals surface area contributed by atoms with Gasteiger partial charge in [-0.05, 0) is 25.5 Å². The summed E-state index contributed by atoms with van der Waals surface area (Å²) in [6.45, 7) is 10.3. The molecule has 2 saturated heterocycles. The van der Waals surface area contributed by atoms with Crippen LogP contribution in [0.4, 0.5) is 10.6 Å². The molecule has 6 rings (SSSR count). The van der Waals surface area contributed by atoms with Crippen LogP contribution in [0, 0.1) is 0 Å². The second kappa shape index (κ2) is 9.75. The standard InChI is InChI=1S/C26H30N10O/c1-18(2)22-16-34(14-13-33-11-8-27-9-12-33)26(37)36(22)23-7-10-35-25(31-23)21(15-30-35)19-3-5-20(6-4-19)24-28-17-29-32-24/h3-7,10,15,17,27H,8-9,11-14,16H2,1-2H3,(H,28,29,32). The average Bonchev–Trinajstić information content (AvgIpc) is 3.67. The van der Waals surface area contributed by atoms with E-state index < -0.39 is 0 Å². The highest BCUT2D eigenvalue weighted by Gasteiger charge is 2.36. The van der Waals surface area contributed by atoms with Crippen molar-refractivity contribution in [2.45, 2.75) is 13.8 Å². The fourth-order valence-corrected chi connectivity index (χ4v) is 4.91. The van der Waals surface area contributed by atoms with Gasteiger partial charge in [-0.2, -0.15) is 10.2 Å². The van der Waals surface area contributed by atoms with Crippen LogP contribution >= 0.6 is 0 Å². The molecule has 0 radical (unpaired) electrons. The van der Waals surface area contributed by atoms with Crippen LogP contribution in [0.15, 0.2) is 60.3 Å². The van der Waals surface area contributed by atoms with Crippen molar-refractivity contribution >= 4 is 17.5 Å². The monoisotopic (exact) mass is 498 g/mol. The van der Waals surface area contributed by atoms with E-state index in [9.17, 15) is 4.79 Å². The van der Waals surface area contributed by atoms with Crippen LogP contribution in [-0.4, -0.2) is 91.4 Å². The molecule has 0 unspecified atom stereocenters. The summed E-state index contributed by atoms with van der Waals surface area (Å²) in [7, 11) is 0. The van der Waals surface area contributed by atoms with Crippen molar-refractivity contribution in [2.24, 2.45) is 0 Å². The van der Waals surface area contributed by atoms with E-state index in [1.165, 1.54) is 6.33 Å². The minimum absolute atomic E-state index is 0.0272. The van der Waals surface area contributed by atoms with E-state index in [0.717, 1.165) is 66.5 Å². The number of H-pyrrole nitrogens is 1. The number of hydrogen-bond acceptors (Lipinski definition) is 7. The first-order valence-corrected chi connectivity index (χ1v) is 12.6. The Morgan fingerprint density at radius 3 is 2.54 bits per heavy atom. The number of nitrogens with one attached hydrogen (secondary N) is 2. The number of fused-ring (bicyclic) bond motifs is 1. The number of aromatic amines is 1. The number of amides is 2. The molecule has 0 spiro atoms. The van der Waals surface area contributed by atoms with Crippen LogP contribution in [0.3, 0.4) is 0 Å². The maximum Gasteiger partial charge on any atom is 0.330 e. The molecule has 0 aliphatic carbocycles. The average molecular weight is 499 g/mol. The van der Waals surface area contributed by atoms with Crippen molar-refractivity contribution in [3.63, 3.8) is 0 Å². The highest BCUT2D eigenvalue weighted by atomic mass is 16.2. The SMILES string of the molecule is CC(C)=C1CN(CCN2CCNCC2)C(=O)N1c1ccn2ncc(-c3ccc(-c4ncn[nH]4)cc3)c2n1. The number of rotatable bonds is 6. The van der Waals surface area contributed by atoms with E-state index >= 15 is 0 Å². The van der Waals surface area contributed by atoms with Crippen molar-refractivity contribution < 1.29 is 4.79 Å². The van der Waals surface area contributed by atoms with E-state index in [1.54, 1.807) is 9.42 Å². The Labute approximate surface area is 214 Å². The van der Waals surface area contributed by atoms with E-state index in [1.807, 2.05) is 61.5 Å². The van der Waals surface area contributed by atoms with Gasteiger partial charge >= 0.3 is 6.03 Å². The Bertz CT molecular complexity index is 1430. The number of anilines is 1. The minimum atomic E-state index is -0.0272. The topological polar surface area (TPSA) is 111 Å². The maximum atomic E-state index is 13.6. The van der Waals surface area contributed by atoms with E-state index in [2.05, 4.69) is 30.5 Å². The van der Waals surface area contributed by atoms with Gasteiger partial charge in [0.1, 0.15) is 12.1 Å². The predicted octanol–water partition coefficient (Wildman–Crippen LogP) is 2.62. The molecule has 11 nitrogen and oxygen atoms in total. The third-order valence-corrected chi connectivity index (χ3v) is 7.01. The van der Waals surface area contributed by atoms with Crippen LogP contribution in [0.1, 0.15) is 13.8 Å². The zero-order valence-corrected chi connectivity index (χ0v) is 21.1. The largest absolute Gasteiger partial charge is 0.330 e. The lowest BCUT2D eigenvalue weighted by atomic mass is 10.1. The second-order valence-corrected chi connectivity index (χ2v) is 9.60. The van der Waals surface area contributed by atoms with Crippen molar-refractivity contribution in [3.8, 4) is 22.5 Å². The summed E-state index contributed by atoms with van der Waals surface area (Å²) in [5, 5.41) is 14.7. The van der Waals surface area contributed by atoms with Gasteiger partial charge in [0.05, 0.1) is 12.7 Å². The lowest BCUT2D eigenvalue weighted by molar-refractivity contribution is 0.195. The second-order valence-electron chi connectivity index (χ2n) is 9.60. The van der Waals surface area contributed by atoms with Gasteiger partial charge in [0.25, 0.3) is 0 Å². The predicted molar refractivity (Wildman–Crippen MR) is 141 cm³/mol. The fraction of sp³-hybridized carbons (Fsp3) is 0.346. The number of carbonyl (C=O) groups excluding carboxylic acids is 1. The lowest BCUT2D eigenvalue weighted by Crippen LogP contribution is -2.46. The summed E-state index contributed by atoms with van der Waals surface area (Å²) < 4.78 is 1.74. The van der Waals surface area contributed by atoms with Gasteiger partial charge in [0.2, 0.25) is 0 Å². The Hall–Kier alpha value is -4.09. The zero-order valence-electron chi connectivity index (χ0n) is 21.1. The summed E-state index contributed by atoms with van der Waals surface area (Å²) in [5.41, 5.74) is 5.62. The minimum Gasteiger partial charge on any atom is -0.317 e. The van der Waals surface area contributed by atoms with Gasteiger partial charge in [0, 0.05) is 62.3 Å². The molecule has 0 bridgehead atoms. The number of aromatic nitrogens is 6. The molecule has 0 atom stereocenters. The molecule has 2 amide bonds. The molecule has 1 aromatic carbocycles. The van der Waals surface area contributed by atoms with Crippen LogP contribution < -0.4 is 10.2 Å². The zero-order chi connectivity index (χ0) is 25.4. The van der Waals surface area contributed by atoms with Crippen LogP contribution in [0.2, 0.25) is 0 Å². The molecule has 2 aliphatic heterocycles. The van der Waals surface area contributed by atoms with Crippen LogP contribution in [0.25, 0.3) is 28.2 Å². The van der Waals surface area contributed by atoms with Crippen molar-refractivity contribution in [3.05, 3.63) is 60.3 Å². The molecular weight excluding hydrogens is 468 g/mol. The van der Waals surface area contributed by atoms with Crippen LogP contribution in [0.5, 0.6) is 0 Å². The Kier molecular flexibility index (Phi) is 6.15. The van der Waals surface area contributed by atoms with Crippen LogP contribution in [-0.2, 0) is 0 Å². The summed E-state index contributed by atoms with van der Waals surface area (Å²) in [5.74, 6) is 1.33. The molecule has 4 aromatic rings. The normalized spacial score (nSPS) is 16.8. The molecule has 0 saturated carbocycles. The highest BCUT2D eigenvalue weighted by molar-refractivity contribution is 5.98. The molecule has 11 heteroatoms. The number of urea groups is 1. The molecule has 190 valence electrons. The quantitative estimate of drug-likeness (QED) is 0.420. The number of hydrogen-bond donors (Lipinski definition) is 2. The lowest BCUT2D eigenvalue weighted by Gasteiger charge is -2.28. The Morgan fingerprint density at radius 2 is 1.81 bits per heavy atom. The molecular formula is C26H30N10O. The molecule has 3 aromatic heterocycles. The number of carbonyl (C=O) groups is 1. The van der Waals surface area contributed by atoms with Crippen molar-refractivity contribution in [1.29, 1.82) is 0 Å². The van der Waals surface area contributed by atoms with E-state index in [4.69, 9.17) is 4.98 Å². The highest BCUT2D eigenvalue weighted by Crippen LogP contribution is 2.31. The van der Waals surface area contributed by atoms with E-state index in [0.29, 0.717) is 24.6 Å². The first-order chi connectivity index (χ1) is 18.1. The molecule has 37 heavy (non-hydrogen) atoms. The molecule has 2 N–H and O–H groups in total. The number of piperazine rings is 1. The third kappa shape index (κ3) is 4.47.